The zero-order chi connectivity index (χ0) is 21.6. The molecule has 0 bridgehead atoms. The molecule has 0 atom stereocenters. The van der Waals surface area contributed by atoms with Gasteiger partial charge in [-0.2, -0.15) is 0 Å². The average molecular weight is 413 g/mol. The van der Waals surface area contributed by atoms with Crippen LogP contribution in [0.4, 0.5) is 0 Å². The Morgan fingerprint density at radius 3 is 2.52 bits per heavy atom. The Morgan fingerprint density at radius 2 is 1.77 bits per heavy atom. The van der Waals surface area contributed by atoms with Crippen molar-refractivity contribution >= 4 is 16.8 Å². The van der Waals surface area contributed by atoms with Gasteiger partial charge in [-0.3, -0.25) is 4.79 Å². The first-order chi connectivity index (χ1) is 15.1. The molecule has 4 rings (SSSR count). The monoisotopic (exact) mass is 412 g/mol. The van der Waals surface area contributed by atoms with E-state index < -0.39 is 0 Å². The third-order valence-corrected chi connectivity index (χ3v) is 5.51. The van der Waals surface area contributed by atoms with E-state index in [0.717, 1.165) is 28.6 Å². The largest absolute Gasteiger partial charge is 0.489 e. The van der Waals surface area contributed by atoms with E-state index >= 15 is 0 Å². The molecule has 0 aliphatic carbocycles. The molecule has 1 aromatic heterocycles. The summed E-state index contributed by atoms with van der Waals surface area (Å²) in [7, 11) is 0. The quantitative estimate of drug-likeness (QED) is 0.382. The van der Waals surface area contributed by atoms with Gasteiger partial charge in [0.25, 0.3) is 5.91 Å². The molecule has 0 saturated heterocycles. The number of nitrogens with one attached hydrogen (secondary N) is 2. The summed E-state index contributed by atoms with van der Waals surface area (Å²) in [5.74, 6) is 1.26. The van der Waals surface area contributed by atoms with Gasteiger partial charge < -0.3 is 15.0 Å². The van der Waals surface area contributed by atoms with Crippen LogP contribution in [0, 0.1) is 0 Å². The third kappa shape index (κ3) is 5.15. The van der Waals surface area contributed by atoms with E-state index in [9.17, 15) is 4.79 Å². The van der Waals surface area contributed by atoms with Gasteiger partial charge in [-0.25, -0.2) is 0 Å². The molecular weight excluding hydrogens is 384 g/mol. The molecule has 158 valence electrons. The third-order valence-electron chi connectivity index (χ3n) is 5.51. The van der Waals surface area contributed by atoms with Gasteiger partial charge in [-0.15, -0.1) is 0 Å². The van der Waals surface area contributed by atoms with E-state index in [1.165, 1.54) is 11.1 Å². The van der Waals surface area contributed by atoms with Gasteiger partial charge in [0.1, 0.15) is 12.4 Å². The molecule has 0 unspecified atom stereocenters. The highest BCUT2D eigenvalue weighted by molar-refractivity contribution is 5.94. The number of aromatic amines is 1. The number of aromatic nitrogens is 1. The van der Waals surface area contributed by atoms with Crippen LogP contribution in [-0.4, -0.2) is 17.4 Å². The van der Waals surface area contributed by atoms with Crippen LogP contribution >= 0.6 is 0 Å². The Hall–Kier alpha value is -3.53. The van der Waals surface area contributed by atoms with Gasteiger partial charge in [-0.05, 0) is 53.3 Å². The first-order valence-electron chi connectivity index (χ1n) is 10.7. The lowest BCUT2D eigenvalue weighted by Crippen LogP contribution is -2.25. The van der Waals surface area contributed by atoms with Crippen LogP contribution in [0.5, 0.6) is 5.75 Å². The number of hydrogen-bond donors (Lipinski definition) is 2. The van der Waals surface area contributed by atoms with Crippen molar-refractivity contribution in [2.45, 2.75) is 32.8 Å². The zero-order valence-electron chi connectivity index (χ0n) is 18.0. The number of carbonyl (C=O) groups excluding carboxylic acids is 1. The van der Waals surface area contributed by atoms with Crippen LogP contribution in [0.25, 0.3) is 10.9 Å². The van der Waals surface area contributed by atoms with Crippen LogP contribution in [0.2, 0.25) is 0 Å². The topological polar surface area (TPSA) is 54.1 Å². The standard InChI is InChI=1S/C27H28N2O2/c1-19(2)21-8-10-22(11-9-21)27(30)28-15-14-23-17-29-26-16-24(12-13-25(23)26)31-18-20-6-4-3-5-7-20/h3-13,16-17,19,29H,14-15,18H2,1-2H3,(H,28,30). The predicted molar refractivity (Wildman–Crippen MR) is 126 cm³/mol. The summed E-state index contributed by atoms with van der Waals surface area (Å²) in [5.41, 5.74) is 5.30. The fourth-order valence-corrected chi connectivity index (χ4v) is 3.64. The molecule has 1 amide bonds. The second kappa shape index (κ2) is 9.52. The van der Waals surface area contributed by atoms with Gasteiger partial charge >= 0.3 is 0 Å². The van der Waals surface area contributed by atoms with E-state index in [4.69, 9.17) is 4.74 Å². The van der Waals surface area contributed by atoms with Crippen LogP contribution in [0.3, 0.4) is 0 Å². The average Bonchev–Trinajstić information content (AvgIpc) is 3.20. The summed E-state index contributed by atoms with van der Waals surface area (Å²) in [6, 6.07) is 24.1. The fourth-order valence-electron chi connectivity index (χ4n) is 3.64. The smallest absolute Gasteiger partial charge is 0.251 e. The maximum absolute atomic E-state index is 12.4. The van der Waals surface area contributed by atoms with Gasteiger partial charge in [0.05, 0.1) is 0 Å². The van der Waals surface area contributed by atoms with Gasteiger partial charge in [0, 0.05) is 35.3 Å². The summed E-state index contributed by atoms with van der Waals surface area (Å²) in [6.45, 7) is 5.43. The van der Waals surface area contributed by atoms with Crippen molar-refractivity contribution in [3.05, 3.63) is 101 Å². The first kappa shape index (κ1) is 20.7. The Bertz CT molecular complexity index is 1150. The molecule has 3 aromatic carbocycles. The molecule has 4 aromatic rings. The highest BCUT2D eigenvalue weighted by Gasteiger charge is 2.09. The molecule has 0 aliphatic rings. The first-order valence-corrected chi connectivity index (χ1v) is 10.7. The minimum Gasteiger partial charge on any atom is -0.489 e. The molecule has 31 heavy (non-hydrogen) atoms. The fraction of sp³-hybridized carbons (Fsp3) is 0.222. The summed E-state index contributed by atoms with van der Waals surface area (Å²) >= 11 is 0. The van der Waals surface area contributed by atoms with Crippen LogP contribution in [-0.2, 0) is 13.0 Å². The number of amides is 1. The molecular formula is C27H28N2O2. The Labute approximate surface area is 183 Å². The van der Waals surface area contributed by atoms with Crippen molar-refractivity contribution < 1.29 is 9.53 Å². The molecule has 4 heteroatoms. The van der Waals surface area contributed by atoms with Crippen molar-refractivity contribution in [1.82, 2.24) is 10.3 Å². The van der Waals surface area contributed by atoms with E-state index in [2.05, 4.69) is 42.3 Å². The van der Waals surface area contributed by atoms with Crippen LogP contribution in [0.15, 0.2) is 79.0 Å². The number of H-pyrrole nitrogens is 1. The second-order valence-corrected chi connectivity index (χ2v) is 8.08. The van der Waals surface area contributed by atoms with Crippen molar-refractivity contribution in [2.24, 2.45) is 0 Å². The summed E-state index contributed by atoms with van der Waals surface area (Å²) in [5, 5.41) is 4.18. The minimum absolute atomic E-state index is 0.0354. The Balaban J connectivity index is 1.33. The predicted octanol–water partition coefficient (Wildman–Crippen LogP) is 5.84. The lowest BCUT2D eigenvalue weighted by molar-refractivity contribution is 0.0954. The molecule has 0 fully saturated rings. The van der Waals surface area contributed by atoms with Crippen molar-refractivity contribution in [3.8, 4) is 5.75 Å². The highest BCUT2D eigenvalue weighted by atomic mass is 16.5. The van der Waals surface area contributed by atoms with Gasteiger partial charge in [0.2, 0.25) is 0 Å². The molecule has 0 spiro atoms. The lowest BCUT2D eigenvalue weighted by Gasteiger charge is -2.08. The van der Waals surface area contributed by atoms with Gasteiger partial charge in [-0.1, -0.05) is 56.3 Å². The SMILES string of the molecule is CC(C)c1ccc(C(=O)NCCc2c[nH]c3cc(OCc4ccccc4)ccc23)cc1. The number of hydrogen-bond acceptors (Lipinski definition) is 2. The number of fused-ring (bicyclic) bond motifs is 1. The molecule has 0 saturated carbocycles. The van der Waals surface area contributed by atoms with Crippen molar-refractivity contribution in [1.29, 1.82) is 0 Å². The Kier molecular flexibility index (Phi) is 6.37. The minimum atomic E-state index is -0.0354. The maximum atomic E-state index is 12.4. The van der Waals surface area contributed by atoms with E-state index in [1.807, 2.05) is 60.8 Å². The van der Waals surface area contributed by atoms with E-state index in [1.54, 1.807) is 0 Å². The second-order valence-electron chi connectivity index (χ2n) is 8.08. The maximum Gasteiger partial charge on any atom is 0.251 e. The lowest BCUT2D eigenvalue weighted by atomic mass is 10.0. The molecule has 1 heterocycles. The normalized spacial score (nSPS) is 11.1. The molecule has 4 nitrogen and oxygen atoms in total. The number of ether oxygens (including phenoxy) is 1. The zero-order valence-corrected chi connectivity index (χ0v) is 18.0. The number of benzene rings is 3. The van der Waals surface area contributed by atoms with E-state index in [-0.39, 0.29) is 5.91 Å². The number of carbonyl (C=O) groups is 1. The van der Waals surface area contributed by atoms with Crippen LogP contribution in [0.1, 0.15) is 46.8 Å². The van der Waals surface area contributed by atoms with E-state index in [0.29, 0.717) is 24.6 Å². The van der Waals surface area contributed by atoms with Crippen LogP contribution < -0.4 is 10.1 Å². The summed E-state index contributed by atoms with van der Waals surface area (Å²) in [4.78, 5) is 15.7. The molecule has 0 radical (unpaired) electrons. The molecule has 2 N–H and O–H groups in total. The molecule has 0 aliphatic heterocycles. The van der Waals surface area contributed by atoms with Gasteiger partial charge in [0.15, 0.2) is 0 Å². The highest BCUT2D eigenvalue weighted by Crippen LogP contribution is 2.24. The summed E-state index contributed by atoms with van der Waals surface area (Å²) < 4.78 is 5.92. The van der Waals surface area contributed by atoms with Crippen molar-refractivity contribution in [3.63, 3.8) is 0 Å². The Morgan fingerprint density at radius 1 is 1.00 bits per heavy atom. The summed E-state index contributed by atoms with van der Waals surface area (Å²) in [6.07, 6.45) is 2.77. The number of rotatable bonds is 8. The van der Waals surface area contributed by atoms with Crippen molar-refractivity contribution in [2.75, 3.05) is 6.54 Å².